The number of pyridine rings is 1. The lowest BCUT2D eigenvalue weighted by molar-refractivity contribution is 0.0834. The first kappa shape index (κ1) is 15.8. The Hall–Kier alpha value is -1.66. The quantitative estimate of drug-likeness (QED) is 0.930. The Labute approximate surface area is 145 Å². The summed E-state index contributed by atoms with van der Waals surface area (Å²) >= 11 is 1.41. The van der Waals surface area contributed by atoms with Gasteiger partial charge in [0, 0.05) is 25.8 Å². The molecule has 3 saturated heterocycles. The summed E-state index contributed by atoms with van der Waals surface area (Å²) in [5.74, 6) is 0.579. The fourth-order valence-corrected chi connectivity index (χ4v) is 4.91. The van der Waals surface area contributed by atoms with E-state index in [0.717, 1.165) is 37.5 Å². The molecule has 24 heavy (non-hydrogen) atoms. The Bertz CT molecular complexity index is 817. The van der Waals surface area contributed by atoms with Gasteiger partial charge in [-0.1, -0.05) is 0 Å². The van der Waals surface area contributed by atoms with E-state index in [4.69, 9.17) is 0 Å². The summed E-state index contributed by atoms with van der Waals surface area (Å²) < 4.78 is 2.66. The minimum atomic E-state index is -0.229. The topological polar surface area (TPSA) is 54.3 Å². The predicted octanol–water partition coefficient (Wildman–Crippen LogP) is 2.64. The molecule has 0 aromatic carbocycles. The molecule has 2 bridgehead atoms. The third kappa shape index (κ3) is 2.67. The molecule has 3 aliphatic rings. The maximum absolute atomic E-state index is 12.8. The number of aryl methyl sites for hydroxylation is 1. The Morgan fingerprint density at radius 1 is 1.29 bits per heavy atom. The second-order valence-electron chi connectivity index (χ2n) is 6.84. The van der Waals surface area contributed by atoms with Crippen LogP contribution in [0.4, 0.5) is 0 Å². The third-order valence-corrected chi connectivity index (χ3v) is 6.41. The number of hydrogen-bond acceptors (Lipinski definition) is 4. The average molecular weight is 345 g/mol. The normalized spacial score (nSPS) is 26.5. The summed E-state index contributed by atoms with van der Waals surface area (Å²) in [4.78, 5) is 27.9. The van der Waals surface area contributed by atoms with Gasteiger partial charge in [-0.05, 0) is 50.0 Å². The first-order valence-electron chi connectivity index (χ1n) is 8.83. The number of hydrogen-bond donors (Lipinski definition) is 1. The van der Waals surface area contributed by atoms with Gasteiger partial charge in [0.2, 0.25) is 5.43 Å². The van der Waals surface area contributed by atoms with Crippen LogP contribution in [0, 0.1) is 5.92 Å². The molecule has 1 amide bonds. The van der Waals surface area contributed by atoms with Crippen LogP contribution < -0.4 is 10.7 Å². The van der Waals surface area contributed by atoms with E-state index >= 15 is 0 Å². The number of nitrogens with one attached hydrogen (secondary N) is 1. The van der Waals surface area contributed by atoms with Gasteiger partial charge in [0.1, 0.15) is 5.56 Å². The van der Waals surface area contributed by atoms with Crippen LogP contribution in [0.2, 0.25) is 0 Å². The van der Waals surface area contributed by atoms with E-state index in [1.807, 2.05) is 22.9 Å². The smallest absolute Gasteiger partial charge is 0.258 e. The zero-order chi connectivity index (χ0) is 16.7. The second kappa shape index (κ2) is 6.33. The minimum absolute atomic E-state index is 0.0681. The number of nitrogens with zero attached hydrogens (tertiary/aromatic N) is 2. The molecule has 0 saturated carbocycles. The van der Waals surface area contributed by atoms with Crippen LogP contribution in [0.3, 0.4) is 0 Å². The molecule has 2 aromatic rings. The van der Waals surface area contributed by atoms with Gasteiger partial charge in [-0.2, -0.15) is 0 Å². The molecular weight excluding hydrogens is 322 g/mol. The average Bonchev–Trinajstić information content (AvgIpc) is 2.94. The molecule has 1 atom stereocenters. The fraction of sp³-hybridized carbons (Fsp3) is 0.556. The summed E-state index contributed by atoms with van der Waals surface area (Å²) in [6.07, 6.45) is 6.41. The second-order valence-corrected chi connectivity index (χ2v) is 7.75. The molecule has 0 aliphatic carbocycles. The third-order valence-electron chi connectivity index (χ3n) is 5.51. The van der Waals surface area contributed by atoms with Crippen LogP contribution in [0.15, 0.2) is 22.4 Å². The highest BCUT2D eigenvalue weighted by atomic mass is 32.1. The molecule has 5 rings (SSSR count). The maximum Gasteiger partial charge on any atom is 0.258 e. The molecule has 1 unspecified atom stereocenters. The van der Waals surface area contributed by atoms with Gasteiger partial charge in [0.25, 0.3) is 5.91 Å². The van der Waals surface area contributed by atoms with Gasteiger partial charge in [0.15, 0.2) is 0 Å². The van der Waals surface area contributed by atoms with Gasteiger partial charge in [-0.15, -0.1) is 11.3 Å². The van der Waals surface area contributed by atoms with Gasteiger partial charge in [-0.3, -0.25) is 14.5 Å². The van der Waals surface area contributed by atoms with Gasteiger partial charge in [-0.25, -0.2) is 0 Å². The summed E-state index contributed by atoms with van der Waals surface area (Å²) in [6, 6.07) is 1.95. The largest absolute Gasteiger partial charge is 0.346 e. The highest BCUT2D eigenvalue weighted by molar-refractivity contribution is 7.17. The van der Waals surface area contributed by atoms with Crippen molar-refractivity contribution in [1.29, 1.82) is 0 Å². The van der Waals surface area contributed by atoms with E-state index in [-0.39, 0.29) is 23.1 Å². The van der Waals surface area contributed by atoms with E-state index in [1.54, 1.807) is 6.20 Å². The molecule has 6 heteroatoms. The molecule has 5 heterocycles. The van der Waals surface area contributed by atoms with Crippen molar-refractivity contribution in [3.05, 3.63) is 33.4 Å². The maximum atomic E-state index is 12.8. The molecular formula is C18H23N3O2S. The molecule has 3 aliphatic heterocycles. The van der Waals surface area contributed by atoms with Crippen LogP contribution in [-0.4, -0.2) is 34.6 Å². The van der Waals surface area contributed by atoms with Crippen molar-refractivity contribution < 1.29 is 4.79 Å². The van der Waals surface area contributed by atoms with Crippen molar-refractivity contribution in [2.75, 3.05) is 13.1 Å². The first-order chi connectivity index (χ1) is 11.7. The summed E-state index contributed by atoms with van der Waals surface area (Å²) in [5, 5.41) is 5.04. The Morgan fingerprint density at radius 3 is 2.83 bits per heavy atom. The number of carbonyl (C=O) groups excluding carboxylic acids is 1. The van der Waals surface area contributed by atoms with Gasteiger partial charge < -0.3 is 9.88 Å². The van der Waals surface area contributed by atoms with E-state index < -0.39 is 0 Å². The highest BCUT2D eigenvalue weighted by Gasteiger charge is 2.31. The van der Waals surface area contributed by atoms with Gasteiger partial charge in [0.05, 0.1) is 16.4 Å². The van der Waals surface area contributed by atoms with Crippen LogP contribution in [0.5, 0.6) is 0 Å². The number of carbonyl (C=O) groups is 1. The highest BCUT2D eigenvalue weighted by Crippen LogP contribution is 2.29. The standard InChI is InChI=1S/C18H23N3O2S/c1-2-20-11-13(16(22)17-14(20)7-10-24-17)18(23)19-15-4-3-12-5-8-21(15)9-6-12/h7,10-12,15H,2-6,8-9H2,1H3,(H,19,23). The zero-order valence-corrected chi connectivity index (χ0v) is 14.8. The Morgan fingerprint density at radius 2 is 2.08 bits per heavy atom. The van der Waals surface area contributed by atoms with Crippen LogP contribution >= 0.6 is 11.3 Å². The zero-order valence-electron chi connectivity index (χ0n) is 14.0. The fourth-order valence-electron chi connectivity index (χ4n) is 4.05. The van der Waals surface area contributed by atoms with Crippen molar-refractivity contribution in [1.82, 2.24) is 14.8 Å². The van der Waals surface area contributed by atoms with Crippen molar-refractivity contribution in [3.8, 4) is 0 Å². The number of rotatable bonds is 3. The van der Waals surface area contributed by atoms with Crippen molar-refractivity contribution >= 4 is 27.5 Å². The summed E-state index contributed by atoms with van der Waals surface area (Å²) in [7, 11) is 0. The molecule has 128 valence electrons. The van der Waals surface area contributed by atoms with Crippen molar-refractivity contribution in [3.63, 3.8) is 0 Å². The summed E-state index contributed by atoms with van der Waals surface area (Å²) in [5.41, 5.74) is 1.04. The van der Waals surface area contributed by atoms with Gasteiger partial charge >= 0.3 is 0 Å². The molecule has 3 fully saturated rings. The SMILES string of the molecule is CCn1cc(C(=O)NC2CCC3CCN2CC3)c(=O)c2sccc21. The van der Waals surface area contributed by atoms with E-state index in [2.05, 4.69) is 10.2 Å². The molecule has 0 spiro atoms. The van der Waals surface area contributed by atoms with Crippen LogP contribution in [0.25, 0.3) is 10.2 Å². The minimum Gasteiger partial charge on any atom is -0.346 e. The number of amides is 1. The monoisotopic (exact) mass is 345 g/mol. The summed E-state index contributed by atoms with van der Waals surface area (Å²) in [6.45, 7) is 4.88. The Balaban J connectivity index is 1.63. The lowest BCUT2D eigenvalue weighted by Gasteiger charge is -2.32. The number of piperidine rings is 1. The van der Waals surface area contributed by atoms with E-state index in [0.29, 0.717) is 4.70 Å². The lowest BCUT2D eigenvalue weighted by Crippen LogP contribution is -2.49. The molecule has 2 aromatic heterocycles. The van der Waals surface area contributed by atoms with Crippen molar-refractivity contribution in [2.45, 2.75) is 45.3 Å². The van der Waals surface area contributed by atoms with Crippen molar-refractivity contribution in [2.24, 2.45) is 5.92 Å². The van der Waals surface area contributed by atoms with Crippen LogP contribution in [-0.2, 0) is 6.54 Å². The number of fused-ring (bicyclic) bond motifs is 5. The van der Waals surface area contributed by atoms with Crippen LogP contribution in [0.1, 0.15) is 43.0 Å². The number of aromatic nitrogens is 1. The van der Waals surface area contributed by atoms with E-state index in [1.165, 1.54) is 30.6 Å². The van der Waals surface area contributed by atoms with E-state index in [9.17, 15) is 9.59 Å². The molecule has 5 nitrogen and oxygen atoms in total. The first-order valence-corrected chi connectivity index (χ1v) is 9.71. The predicted molar refractivity (Wildman–Crippen MR) is 96.5 cm³/mol. The lowest BCUT2D eigenvalue weighted by atomic mass is 9.95. The number of thiophene rings is 1. The molecule has 1 N–H and O–H groups in total. The molecule has 0 radical (unpaired) electrons. The Kier molecular flexibility index (Phi) is 4.18.